The average Bonchev–Trinajstić information content (AvgIpc) is 3.21. The van der Waals surface area contributed by atoms with E-state index < -0.39 is 0 Å². The van der Waals surface area contributed by atoms with Crippen LogP contribution in [0.2, 0.25) is 20.1 Å². The van der Waals surface area contributed by atoms with Gasteiger partial charge in [-0.3, -0.25) is 4.99 Å². The number of hydrogen-bond donors (Lipinski definition) is 1. The van der Waals surface area contributed by atoms with E-state index in [-0.39, 0.29) is 16.2 Å². The van der Waals surface area contributed by atoms with E-state index in [2.05, 4.69) is 87.3 Å². The third-order valence-electron chi connectivity index (χ3n) is 13.3. The van der Waals surface area contributed by atoms with Crippen LogP contribution in [-0.2, 0) is 26.5 Å². The van der Waals surface area contributed by atoms with E-state index in [1.165, 1.54) is 56.1 Å². The molecule has 4 nitrogen and oxygen atoms in total. The quantitative estimate of drug-likeness (QED) is 0.0746. The van der Waals surface area contributed by atoms with Crippen molar-refractivity contribution in [3.63, 3.8) is 0 Å². The molecule has 1 N–H and O–H groups in total. The molecule has 9 heteroatoms. The molecule has 4 aromatic rings. The van der Waals surface area contributed by atoms with E-state index in [9.17, 15) is 4.79 Å². The maximum Gasteiger partial charge on any atom is 0.187 e. The lowest BCUT2D eigenvalue weighted by Crippen LogP contribution is -2.52. The number of nitriles is 1. The lowest BCUT2D eigenvalue weighted by Gasteiger charge is -2.49. The Kier molecular flexibility index (Phi) is 20.2. The van der Waals surface area contributed by atoms with Crippen LogP contribution in [0, 0.1) is 29.0 Å². The van der Waals surface area contributed by atoms with Gasteiger partial charge < -0.3 is 10.1 Å². The molecule has 4 aromatic carbocycles. The van der Waals surface area contributed by atoms with Crippen LogP contribution in [0.1, 0.15) is 126 Å². The summed E-state index contributed by atoms with van der Waals surface area (Å²) in [6.07, 6.45) is 18.3. The van der Waals surface area contributed by atoms with Crippen molar-refractivity contribution in [2.45, 2.75) is 132 Å². The Labute approximate surface area is 394 Å². The predicted octanol–water partition coefficient (Wildman–Crippen LogP) is 14.2. The zero-order valence-corrected chi connectivity index (χ0v) is 40.2. The molecule has 4 saturated carbocycles. The fraction of sp³-hybridized carbons (Fsp3) is 0.453. The number of carbonyl (C=O) groups excluding carboxylic acids is 1. The normalized spacial score (nSPS) is 18.3. The van der Waals surface area contributed by atoms with E-state index in [0.717, 1.165) is 81.9 Å². The largest absolute Gasteiger partial charge is 0.316 e. The molecular formula is C53H62BCl4N3O. The maximum absolute atomic E-state index is 11.0. The first-order chi connectivity index (χ1) is 29.8. The van der Waals surface area contributed by atoms with Gasteiger partial charge >= 0.3 is 0 Å². The van der Waals surface area contributed by atoms with Crippen molar-refractivity contribution >= 4 is 66.8 Å². The maximum atomic E-state index is 11.0. The number of likely N-dealkylation sites (N-methyl/N-ethyl adjacent to an activating group) is 1. The second-order valence-electron chi connectivity index (χ2n) is 17.5. The van der Waals surface area contributed by atoms with Crippen molar-refractivity contribution in [2.24, 2.45) is 10.9 Å². The molecule has 0 saturated heterocycles. The SMILES string of the molecule is CN=CC1(c2ccc(Cl)cc2)CCC1.CNC(CC(C)C)C1(c2ccc(Cl)cc2)CCC1.N#CC1(c2ccc(Cl)cc2)CCC1.O=CC1(c2ccc(Cl)cc2)CCC1.[B]C#CC. The summed E-state index contributed by atoms with van der Waals surface area (Å²) in [6.45, 7) is 6.30. The second kappa shape index (κ2) is 24.5. The number of aliphatic imine (C=N–C) groups is 1. The summed E-state index contributed by atoms with van der Waals surface area (Å²) in [5.41, 5.74) is 5.18. The van der Waals surface area contributed by atoms with Crippen LogP contribution in [0.4, 0.5) is 0 Å². The van der Waals surface area contributed by atoms with E-state index in [0.29, 0.717) is 11.5 Å². The summed E-state index contributed by atoms with van der Waals surface area (Å²) >= 11 is 23.4. The predicted molar refractivity (Wildman–Crippen MR) is 266 cm³/mol. The first-order valence-electron chi connectivity index (χ1n) is 21.9. The van der Waals surface area contributed by atoms with Crippen LogP contribution < -0.4 is 5.32 Å². The van der Waals surface area contributed by atoms with Gasteiger partial charge in [-0.25, -0.2) is 0 Å². The Hall–Kier alpha value is -3.55. The minimum Gasteiger partial charge on any atom is -0.316 e. The molecule has 4 aliphatic carbocycles. The van der Waals surface area contributed by atoms with Gasteiger partial charge in [0.2, 0.25) is 0 Å². The first-order valence-corrected chi connectivity index (χ1v) is 23.5. The highest BCUT2D eigenvalue weighted by Gasteiger charge is 2.45. The summed E-state index contributed by atoms with van der Waals surface area (Å²) in [4.78, 5) is 15.1. The smallest absolute Gasteiger partial charge is 0.187 e. The summed E-state index contributed by atoms with van der Waals surface area (Å²) < 4.78 is 0. The molecule has 1 unspecified atom stereocenters. The second-order valence-corrected chi connectivity index (χ2v) is 19.2. The number of aldehydes is 1. The van der Waals surface area contributed by atoms with Gasteiger partial charge in [0, 0.05) is 50.2 Å². The Morgan fingerprint density at radius 3 is 1.29 bits per heavy atom. The summed E-state index contributed by atoms with van der Waals surface area (Å²) in [6, 6.07) is 34.9. The molecule has 0 heterocycles. The molecule has 0 spiro atoms. The molecule has 326 valence electrons. The summed E-state index contributed by atoms with van der Waals surface area (Å²) in [5.74, 6) is 5.37. The number of hydrogen-bond acceptors (Lipinski definition) is 4. The van der Waals surface area contributed by atoms with Crippen molar-refractivity contribution in [3.8, 4) is 17.8 Å². The number of rotatable bonds is 10. The van der Waals surface area contributed by atoms with Gasteiger partial charge in [-0.15, -0.1) is 5.92 Å². The number of carbonyl (C=O) groups is 1. The molecule has 0 bridgehead atoms. The van der Waals surface area contributed by atoms with Crippen molar-refractivity contribution in [1.82, 2.24) is 5.32 Å². The third kappa shape index (κ3) is 13.0. The zero-order valence-electron chi connectivity index (χ0n) is 37.1. The highest BCUT2D eigenvalue weighted by Crippen LogP contribution is 2.48. The standard InChI is InChI=1S/C16H24ClN.C12H14ClN.C11H10ClN.C11H11ClO.C3H3B/c1-12(2)11-15(18-3)16(9-4-10-16)13-5-7-14(17)8-6-13;1-14-9-12(7-2-8-12)10-3-5-11(13)6-4-10;2*12-10-4-2-9(3-5-10)11(8-13)6-1-7-11;1-2-3-4/h5-8,12,15,18H,4,9-11H2,1-3H3;3-6,9H,2,7-8H2,1H3;2-5H,1,6-7H2;2-5,8H,1,6-7H2;1H3. The lowest BCUT2D eigenvalue weighted by molar-refractivity contribution is -0.115. The first kappa shape index (κ1) is 51.1. The van der Waals surface area contributed by atoms with E-state index in [1.54, 1.807) is 6.92 Å². The highest BCUT2D eigenvalue weighted by molar-refractivity contribution is 6.31. The van der Waals surface area contributed by atoms with Gasteiger partial charge in [0.25, 0.3) is 0 Å². The minimum absolute atomic E-state index is 0.190. The number of benzene rings is 4. The Morgan fingerprint density at radius 2 is 1.03 bits per heavy atom. The van der Waals surface area contributed by atoms with Crippen molar-refractivity contribution in [1.29, 1.82) is 5.26 Å². The van der Waals surface area contributed by atoms with E-state index in [1.807, 2.05) is 79.8 Å². The molecule has 62 heavy (non-hydrogen) atoms. The Bertz CT molecular complexity index is 2100. The van der Waals surface area contributed by atoms with Crippen LogP contribution in [0.25, 0.3) is 0 Å². The van der Waals surface area contributed by atoms with Crippen LogP contribution in [-0.4, -0.2) is 40.5 Å². The van der Waals surface area contributed by atoms with Crippen LogP contribution in [0.3, 0.4) is 0 Å². The minimum atomic E-state index is -0.204. The molecule has 0 aliphatic heterocycles. The van der Waals surface area contributed by atoms with Crippen molar-refractivity contribution < 1.29 is 4.79 Å². The number of nitrogens with zero attached hydrogens (tertiary/aromatic N) is 2. The Balaban J connectivity index is 0.000000178. The zero-order chi connectivity index (χ0) is 45.2. The van der Waals surface area contributed by atoms with Crippen LogP contribution in [0.5, 0.6) is 0 Å². The van der Waals surface area contributed by atoms with Crippen LogP contribution in [0.15, 0.2) is 102 Å². The van der Waals surface area contributed by atoms with Gasteiger partial charge in [0.15, 0.2) is 7.85 Å². The number of nitrogens with one attached hydrogen (secondary N) is 1. The van der Waals surface area contributed by atoms with Crippen LogP contribution >= 0.6 is 46.4 Å². The fourth-order valence-electron chi connectivity index (χ4n) is 8.93. The molecular weight excluding hydrogens is 847 g/mol. The van der Waals surface area contributed by atoms with Crippen molar-refractivity contribution in [3.05, 3.63) is 139 Å². The number of halogens is 4. The molecule has 4 aliphatic rings. The molecule has 1 atom stereocenters. The van der Waals surface area contributed by atoms with Gasteiger partial charge in [-0.05, 0) is 155 Å². The Morgan fingerprint density at radius 1 is 0.661 bits per heavy atom. The topological polar surface area (TPSA) is 65.2 Å². The van der Waals surface area contributed by atoms with Gasteiger partial charge in [0.05, 0.1) is 16.9 Å². The molecule has 0 amide bonds. The lowest BCUT2D eigenvalue weighted by atomic mass is 9.59. The molecule has 8 rings (SSSR count). The van der Waals surface area contributed by atoms with Gasteiger partial charge in [-0.2, -0.15) is 11.1 Å². The summed E-state index contributed by atoms with van der Waals surface area (Å²) in [5, 5.41) is 15.7. The fourth-order valence-corrected chi connectivity index (χ4v) is 9.43. The third-order valence-corrected chi connectivity index (χ3v) is 14.3. The molecule has 2 radical (unpaired) electrons. The average molecular weight is 910 g/mol. The molecule has 4 fully saturated rings. The van der Waals surface area contributed by atoms with Gasteiger partial charge in [-0.1, -0.05) is 128 Å². The van der Waals surface area contributed by atoms with E-state index in [4.69, 9.17) is 51.7 Å². The van der Waals surface area contributed by atoms with Gasteiger partial charge in [0.1, 0.15) is 6.29 Å². The summed E-state index contributed by atoms with van der Waals surface area (Å²) in [7, 11) is 8.61. The van der Waals surface area contributed by atoms with E-state index >= 15 is 0 Å². The molecule has 0 aromatic heterocycles. The van der Waals surface area contributed by atoms with Crippen molar-refractivity contribution in [2.75, 3.05) is 14.1 Å². The monoisotopic (exact) mass is 907 g/mol. The highest BCUT2D eigenvalue weighted by atomic mass is 35.5.